The Kier molecular flexibility index (Phi) is 9.31. The summed E-state index contributed by atoms with van der Waals surface area (Å²) in [7, 11) is 1.63. The van der Waals surface area contributed by atoms with E-state index in [4.69, 9.17) is 9.47 Å². The number of aliphatic carboxylic acids is 1. The highest BCUT2D eigenvalue weighted by molar-refractivity contribution is 5.81. The maximum Gasteiger partial charge on any atom is 0.320 e. The van der Waals surface area contributed by atoms with Crippen LogP contribution in [0.25, 0.3) is 23.3 Å². The van der Waals surface area contributed by atoms with E-state index in [0.29, 0.717) is 31.7 Å². The zero-order valence-electron chi connectivity index (χ0n) is 22.0. The van der Waals surface area contributed by atoms with E-state index in [1.807, 2.05) is 78.6 Å². The Labute approximate surface area is 224 Å². The van der Waals surface area contributed by atoms with Gasteiger partial charge < -0.3 is 14.6 Å². The van der Waals surface area contributed by atoms with Crippen molar-refractivity contribution in [3.8, 4) is 22.9 Å². The SMILES string of the molecule is COCCOc1cc(/C=C/c2cccc(-c3ccccc3)c2C#N)c(C)cc1CN1CCCC[C@H]1C(=O)O. The highest BCUT2D eigenvalue weighted by atomic mass is 16.5. The van der Waals surface area contributed by atoms with E-state index >= 15 is 0 Å². The molecule has 1 fully saturated rings. The van der Waals surface area contributed by atoms with E-state index in [1.165, 1.54) is 0 Å². The summed E-state index contributed by atoms with van der Waals surface area (Å²) in [5, 5.41) is 19.7. The molecule has 1 atom stereocenters. The lowest BCUT2D eigenvalue weighted by molar-refractivity contribution is -0.144. The molecule has 1 aliphatic rings. The highest BCUT2D eigenvalue weighted by Gasteiger charge is 2.29. The fourth-order valence-corrected chi connectivity index (χ4v) is 4.99. The molecule has 0 bridgehead atoms. The Bertz CT molecular complexity index is 1330. The first-order valence-corrected chi connectivity index (χ1v) is 13.0. The van der Waals surface area contributed by atoms with Crippen LogP contribution in [0.3, 0.4) is 0 Å². The van der Waals surface area contributed by atoms with Crippen LogP contribution in [0.4, 0.5) is 0 Å². The number of ether oxygens (including phenoxy) is 2. The first-order valence-electron chi connectivity index (χ1n) is 13.0. The summed E-state index contributed by atoms with van der Waals surface area (Å²) in [6.45, 7) is 4.16. The number of hydrogen-bond donors (Lipinski definition) is 1. The van der Waals surface area contributed by atoms with Crippen LogP contribution in [-0.4, -0.2) is 48.9 Å². The van der Waals surface area contributed by atoms with Gasteiger partial charge in [0.1, 0.15) is 24.5 Å². The monoisotopic (exact) mass is 510 g/mol. The topological polar surface area (TPSA) is 82.8 Å². The van der Waals surface area contributed by atoms with E-state index < -0.39 is 12.0 Å². The van der Waals surface area contributed by atoms with Crippen molar-refractivity contribution in [2.45, 2.75) is 38.8 Å². The van der Waals surface area contributed by atoms with E-state index in [0.717, 1.165) is 58.5 Å². The van der Waals surface area contributed by atoms with Gasteiger partial charge in [-0.2, -0.15) is 5.26 Å². The minimum Gasteiger partial charge on any atom is -0.491 e. The molecule has 0 aliphatic carbocycles. The number of carboxylic acid groups (broad SMARTS) is 1. The van der Waals surface area contributed by atoms with Gasteiger partial charge in [-0.15, -0.1) is 0 Å². The Morgan fingerprint density at radius 3 is 2.61 bits per heavy atom. The number of aryl methyl sites for hydroxylation is 1. The highest BCUT2D eigenvalue weighted by Crippen LogP contribution is 2.31. The van der Waals surface area contributed by atoms with Gasteiger partial charge in [-0.1, -0.05) is 73.2 Å². The van der Waals surface area contributed by atoms with Crippen molar-refractivity contribution in [3.63, 3.8) is 0 Å². The minimum atomic E-state index is -0.770. The third kappa shape index (κ3) is 6.49. The van der Waals surface area contributed by atoms with Crippen molar-refractivity contribution in [1.82, 2.24) is 4.90 Å². The molecule has 1 heterocycles. The lowest BCUT2D eigenvalue weighted by atomic mass is 9.95. The van der Waals surface area contributed by atoms with Crippen molar-refractivity contribution in [2.75, 3.05) is 26.9 Å². The molecule has 196 valence electrons. The molecule has 0 amide bonds. The maximum absolute atomic E-state index is 11.8. The lowest BCUT2D eigenvalue weighted by Crippen LogP contribution is -2.44. The molecular weight excluding hydrogens is 476 g/mol. The quantitative estimate of drug-likeness (QED) is 0.259. The van der Waals surface area contributed by atoms with Gasteiger partial charge in [0, 0.05) is 24.8 Å². The largest absolute Gasteiger partial charge is 0.491 e. The van der Waals surface area contributed by atoms with Crippen LogP contribution >= 0.6 is 0 Å². The number of hydrogen-bond acceptors (Lipinski definition) is 5. The smallest absolute Gasteiger partial charge is 0.320 e. The molecule has 1 aliphatic heterocycles. The predicted molar refractivity (Wildman–Crippen MR) is 150 cm³/mol. The number of methoxy groups -OCH3 is 1. The first kappa shape index (κ1) is 27.1. The van der Waals surface area contributed by atoms with Crippen LogP contribution in [-0.2, 0) is 16.1 Å². The third-order valence-electron chi connectivity index (χ3n) is 7.00. The van der Waals surface area contributed by atoms with E-state index in [2.05, 4.69) is 12.1 Å². The Morgan fingerprint density at radius 2 is 1.87 bits per heavy atom. The van der Waals surface area contributed by atoms with E-state index in [-0.39, 0.29) is 0 Å². The van der Waals surface area contributed by atoms with Crippen molar-refractivity contribution in [2.24, 2.45) is 0 Å². The molecule has 4 rings (SSSR count). The number of piperidine rings is 1. The summed E-state index contributed by atoms with van der Waals surface area (Å²) in [5.41, 5.74) is 6.38. The molecule has 6 heteroatoms. The first-order chi connectivity index (χ1) is 18.5. The molecule has 3 aromatic carbocycles. The van der Waals surface area contributed by atoms with Gasteiger partial charge in [0.2, 0.25) is 0 Å². The second-order valence-electron chi connectivity index (χ2n) is 9.56. The molecule has 0 radical (unpaired) electrons. The lowest BCUT2D eigenvalue weighted by Gasteiger charge is -2.33. The zero-order chi connectivity index (χ0) is 26.9. The number of carboxylic acids is 1. The average Bonchev–Trinajstić information content (AvgIpc) is 2.94. The van der Waals surface area contributed by atoms with Crippen molar-refractivity contribution < 1.29 is 19.4 Å². The van der Waals surface area contributed by atoms with Crippen LogP contribution in [0.2, 0.25) is 0 Å². The molecule has 0 saturated carbocycles. The number of benzene rings is 3. The van der Waals surface area contributed by atoms with Gasteiger partial charge in [-0.05, 0) is 54.6 Å². The molecule has 1 N–H and O–H groups in total. The summed E-state index contributed by atoms with van der Waals surface area (Å²) in [6, 6.07) is 21.8. The summed E-state index contributed by atoms with van der Waals surface area (Å²) < 4.78 is 11.3. The Morgan fingerprint density at radius 1 is 1.08 bits per heavy atom. The van der Waals surface area contributed by atoms with Crippen molar-refractivity contribution in [1.29, 1.82) is 5.26 Å². The van der Waals surface area contributed by atoms with Crippen molar-refractivity contribution >= 4 is 18.1 Å². The van der Waals surface area contributed by atoms with Crippen LogP contribution in [0.5, 0.6) is 5.75 Å². The van der Waals surface area contributed by atoms with Crippen LogP contribution in [0.15, 0.2) is 60.7 Å². The van der Waals surface area contributed by atoms with Crippen molar-refractivity contribution in [3.05, 3.63) is 88.5 Å². The van der Waals surface area contributed by atoms with Gasteiger partial charge in [0.05, 0.1) is 12.2 Å². The predicted octanol–water partition coefficient (Wildman–Crippen LogP) is 6.17. The van der Waals surface area contributed by atoms with Gasteiger partial charge in [0.15, 0.2) is 0 Å². The molecule has 3 aromatic rings. The second-order valence-corrected chi connectivity index (χ2v) is 9.56. The van der Waals surface area contributed by atoms with Gasteiger partial charge in [-0.25, -0.2) is 0 Å². The minimum absolute atomic E-state index is 0.399. The summed E-state index contributed by atoms with van der Waals surface area (Å²) in [4.78, 5) is 13.9. The van der Waals surface area contributed by atoms with Gasteiger partial charge in [-0.3, -0.25) is 9.69 Å². The number of nitriles is 1. The Balaban J connectivity index is 1.66. The maximum atomic E-state index is 11.8. The van der Waals surface area contributed by atoms with Crippen LogP contribution in [0.1, 0.15) is 47.1 Å². The number of carbonyl (C=O) groups is 1. The standard InChI is InChI=1S/C32H34N2O4/c1-23-19-27(22-34-16-7-6-13-30(34)32(35)36)31(38-18-17-37-2)20-26(23)15-14-25-11-8-12-28(29(25)21-33)24-9-4-3-5-10-24/h3-5,8-12,14-15,19-20,30H,6-7,13,16-18,22H2,1-2H3,(H,35,36)/b15-14+/t30-/m0/s1. The molecular formula is C32H34N2O4. The molecule has 0 aromatic heterocycles. The normalized spacial score (nSPS) is 15.9. The molecule has 1 saturated heterocycles. The van der Waals surface area contributed by atoms with Crippen LogP contribution < -0.4 is 4.74 Å². The summed E-state index contributed by atoms with van der Waals surface area (Å²) >= 11 is 0. The number of nitrogens with zero attached hydrogens (tertiary/aromatic N) is 2. The fourth-order valence-electron chi connectivity index (χ4n) is 4.99. The Hall–Kier alpha value is -3.92. The number of likely N-dealkylation sites (tertiary alicyclic amines) is 1. The summed E-state index contributed by atoms with van der Waals surface area (Å²) in [6.07, 6.45) is 6.57. The van der Waals surface area contributed by atoms with E-state index in [1.54, 1.807) is 7.11 Å². The molecule has 0 spiro atoms. The molecule has 0 unspecified atom stereocenters. The molecule has 38 heavy (non-hydrogen) atoms. The fraction of sp³-hybridized carbons (Fsp3) is 0.312. The molecule has 6 nitrogen and oxygen atoms in total. The number of rotatable bonds is 10. The average molecular weight is 511 g/mol. The summed E-state index contributed by atoms with van der Waals surface area (Å²) in [5.74, 6) is -0.0468. The van der Waals surface area contributed by atoms with Crippen LogP contribution in [0, 0.1) is 18.3 Å². The zero-order valence-corrected chi connectivity index (χ0v) is 22.0. The third-order valence-corrected chi connectivity index (χ3v) is 7.00. The van der Waals surface area contributed by atoms with Gasteiger partial charge in [0.25, 0.3) is 0 Å². The van der Waals surface area contributed by atoms with Gasteiger partial charge >= 0.3 is 5.97 Å². The van der Waals surface area contributed by atoms with E-state index in [9.17, 15) is 15.2 Å². The second kappa shape index (κ2) is 13.0.